The predicted molar refractivity (Wildman–Crippen MR) is 134 cm³/mol. The number of ether oxygens (including phenoxy) is 2. The second-order valence-electron chi connectivity index (χ2n) is 7.97. The zero-order valence-corrected chi connectivity index (χ0v) is 19.4. The molecule has 0 saturated carbocycles. The number of nitrogens with one attached hydrogen (secondary N) is 1. The van der Waals surface area contributed by atoms with Crippen LogP contribution in [0.25, 0.3) is 10.8 Å². The van der Waals surface area contributed by atoms with Crippen LogP contribution in [0, 0.1) is 6.92 Å². The number of anilines is 1. The third-order valence-corrected chi connectivity index (χ3v) is 5.72. The Balaban J connectivity index is 1.56. The zero-order valence-electron chi connectivity index (χ0n) is 19.4. The molecule has 0 atom stereocenters. The van der Waals surface area contributed by atoms with Gasteiger partial charge in [-0.15, -0.1) is 0 Å². The monoisotopic (exact) mass is 439 g/mol. The van der Waals surface area contributed by atoms with Crippen molar-refractivity contribution in [1.82, 2.24) is 0 Å². The Morgan fingerprint density at radius 3 is 2.42 bits per heavy atom. The normalized spacial score (nSPS) is 10.8. The summed E-state index contributed by atoms with van der Waals surface area (Å²) in [6, 6.07) is 25.8. The second-order valence-corrected chi connectivity index (χ2v) is 7.97. The molecule has 168 valence electrons. The Morgan fingerprint density at radius 1 is 0.818 bits per heavy atom. The van der Waals surface area contributed by atoms with Crippen LogP contribution in [0.15, 0.2) is 78.9 Å². The van der Waals surface area contributed by atoms with Crippen molar-refractivity contribution in [2.45, 2.75) is 33.8 Å². The van der Waals surface area contributed by atoms with Gasteiger partial charge in [0.2, 0.25) is 0 Å². The van der Waals surface area contributed by atoms with Crippen molar-refractivity contribution in [3.05, 3.63) is 101 Å². The number of fused-ring (bicyclic) bond motifs is 1. The van der Waals surface area contributed by atoms with Crippen LogP contribution >= 0.6 is 0 Å². The van der Waals surface area contributed by atoms with E-state index in [0.717, 1.165) is 45.7 Å². The van der Waals surface area contributed by atoms with E-state index in [2.05, 4.69) is 24.4 Å². The largest absolute Gasteiger partial charge is 0.493 e. The summed E-state index contributed by atoms with van der Waals surface area (Å²) in [5, 5.41) is 5.39. The maximum Gasteiger partial charge on any atom is 0.255 e. The maximum absolute atomic E-state index is 13.1. The van der Waals surface area contributed by atoms with Crippen LogP contribution in [-0.2, 0) is 13.0 Å². The molecule has 4 aromatic rings. The topological polar surface area (TPSA) is 47.6 Å². The SMILES string of the molecule is CCOc1ccc(C(=O)Nc2c(C)cccc2CC)cc1COc1ccc2ccccc2c1. The molecule has 4 heteroatoms. The van der Waals surface area contributed by atoms with E-state index >= 15 is 0 Å². The Hall–Kier alpha value is -3.79. The highest BCUT2D eigenvalue weighted by Gasteiger charge is 2.14. The van der Waals surface area contributed by atoms with Gasteiger partial charge in [-0.3, -0.25) is 4.79 Å². The summed E-state index contributed by atoms with van der Waals surface area (Å²) in [7, 11) is 0. The molecule has 33 heavy (non-hydrogen) atoms. The Labute approximate surface area is 195 Å². The van der Waals surface area contributed by atoms with E-state index in [1.807, 2.05) is 74.5 Å². The highest BCUT2D eigenvalue weighted by atomic mass is 16.5. The highest BCUT2D eigenvalue weighted by molar-refractivity contribution is 6.05. The number of carbonyl (C=O) groups is 1. The number of aryl methyl sites for hydroxylation is 2. The van der Waals surface area contributed by atoms with Crippen LogP contribution < -0.4 is 14.8 Å². The van der Waals surface area contributed by atoms with Crippen molar-refractivity contribution in [2.24, 2.45) is 0 Å². The first-order chi connectivity index (χ1) is 16.1. The van der Waals surface area contributed by atoms with Gasteiger partial charge in [-0.05, 0) is 72.5 Å². The van der Waals surface area contributed by atoms with Crippen molar-refractivity contribution >= 4 is 22.4 Å². The molecule has 1 N–H and O–H groups in total. The molecule has 0 aliphatic heterocycles. The number of hydrogen-bond acceptors (Lipinski definition) is 3. The molecule has 4 rings (SSSR count). The van der Waals surface area contributed by atoms with Crippen molar-refractivity contribution in [3.8, 4) is 11.5 Å². The van der Waals surface area contributed by atoms with E-state index in [0.29, 0.717) is 18.8 Å². The number of carbonyl (C=O) groups excluding carboxylic acids is 1. The first-order valence-corrected chi connectivity index (χ1v) is 11.4. The first-order valence-electron chi connectivity index (χ1n) is 11.4. The molecule has 4 aromatic carbocycles. The van der Waals surface area contributed by atoms with Gasteiger partial charge in [0.25, 0.3) is 5.91 Å². The molecule has 0 fully saturated rings. The lowest BCUT2D eigenvalue weighted by Crippen LogP contribution is -2.15. The van der Waals surface area contributed by atoms with Gasteiger partial charge >= 0.3 is 0 Å². The molecule has 0 unspecified atom stereocenters. The summed E-state index contributed by atoms with van der Waals surface area (Å²) in [6.45, 7) is 6.88. The van der Waals surface area contributed by atoms with E-state index in [9.17, 15) is 4.79 Å². The predicted octanol–water partition coefficient (Wildman–Crippen LogP) is 6.94. The van der Waals surface area contributed by atoms with Crippen LogP contribution in [0.4, 0.5) is 5.69 Å². The Bertz CT molecular complexity index is 1280. The molecule has 0 radical (unpaired) electrons. The van der Waals surface area contributed by atoms with E-state index in [1.54, 1.807) is 6.07 Å². The molecule has 0 aliphatic rings. The first kappa shape index (κ1) is 22.4. The second kappa shape index (κ2) is 10.2. The standard InChI is InChI=1S/C29H29NO3/c1-4-21-12-8-9-20(3)28(21)30-29(31)24-14-16-27(32-5-2)25(17-24)19-33-26-15-13-22-10-6-7-11-23(22)18-26/h6-18H,4-5,19H2,1-3H3,(H,30,31). The van der Waals surface area contributed by atoms with Crippen LogP contribution in [0.1, 0.15) is 40.9 Å². The molecule has 0 saturated heterocycles. The van der Waals surface area contributed by atoms with Gasteiger partial charge in [-0.2, -0.15) is 0 Å². The lowest BCUT2D eigenvalue weighted by atomic mass is 10.0. The fourth-order valence-corrected chi connectivity index (χ4v) is 3.94. The number of hydrogen-bond donors (Lipinski definition) is 1. The number of rotatable bonds is 8. The quantitative estimate of drug-likeness (QED) is 0.323. The molecule has 0 spiro atoms. The molecular weight excluding hydrogens is 410 g/mol. The highest BCUT2D eigenvalue weighted by Crippen LogP contribution is 2.27. The fourth-order valence-electron chi connectivity index (χ4n) is 3.94. The van der Waals surface area contributed by atoms with Crippen LogP contribution in [0.5, 0.6) is 11.5 Å². The average molecular weight is 440 g/mol. The summed E-state index contributed by atoms with van der Waals surface area (Å²) >= 11 is 0. The molecule has 0 bridgehead atoms. The van der Waals surface area contributed by atoms with E-state index in [4.69, 9.17) is 9.47 Å². The van der Waals surface area contributed by atoms with Crippen molar-refractivity contribution < 1.29 is 14.3 Å². The summed E-state index contributed by atoms with van der Waals surface area (Å²) in [5.41, 5.74) is 4.45. The van der Waals surface area contributed by atoms with Crippen LogP contribution in [0.2, 0.25) is 0 Å². The van der Waals surface area contributed by atoms with E-state index in [-0.39, 0.29) is 5.91 Å². The average Bonchev–Trinajstić information content (AvgIpc) is 2.84. The number of amides is 1. The minimum atomic E-state index is -0.144. The lowest BCUT2D eigenvalue weighted by Gasteiger charge is -2.15. The Kier molecular flexibility index (Phi) is 6.94. The van der Waals surface area contributed by atoms with E-state index < -0.39 is 0 Å². The van der Waals surface area contributed by atoms with Gasteiger partial charge in [-0.1, -0.05) is 55.5 Å². The van der Waals surface area contributed by atoms with Crippen LogP contribution in [-0.4, -0.2) is 12.5 Å². The minimum Gasteiger partial charge on any atom is -0.493 e. The van der Waals surface area contributed by atoms with Gasteiger partial charge in [0.15, 0.2) is 0 Å². The summed E-state index contributed by atoms with van der Waals surface area (Å²) in [6.07, 6.45) is 0.853. The van der Waals surface area contributed by atoms with Gasteiger partial charge in [0.05, 0.1) is 6.61 Å². The molecule has 0 aromatic heterocycles. The molecule has 1 amide bonds. The van der Waals surface area contributed by atoms with Crippen molar-refractivity contribution in [2.75, 3.05) is 11.9 Å². The lowest BCUT2D eigenvalue weighted by molar-refractivity contribution is 0.102. The van der Waals surface area contributed by atoms with Gasteiger partial charge in [-0.25, -0.2) is 0 Å². The molecule has 0 heterocycles. The molecular formula is C29H29NO3. The summed E-state index contributed by atoms with van der Waals surface area (Å²) in [4.78, 5) is 13.1. The molecule has 0 aliphatic carbocycles. The van der Waals surface area contributed by atoms with E-state index in [1.165, 1.54) is 5.39 Å². The Morgan fingerprint density at radius 2 is 1.64 bits per heavy atom. The summed E-state index contributed by atoms with van der Waals surface area (Å²) in [5.74, 6) is 1.35. The maximum atomic E-state index is 13.1. The fraction of sp³-hybridized carbons (Fsp3) is 0.207. The third kappa shape index (κ3) is 5.17. The minimum absolute atomic E-state index is 0.144. The zero-order chi connectivity index (χ0) is 23.2. The number of para-hydroxylation sites is 1. The molecule has 4 nitrogen and oxygen atoms in total. The smallest absolute Gasteiger partial charge is 0.255 e. The third-order valence-electron chi connectivity index (χ3n) is 5.72. The van der Waals surface area contributed by atoms with Gasteiger partial charge in [0, 0.05) is 16.8 Å². The van der Waals surface area contributed by atoms with Crippen molar-refractivity contribution in [1.29, 1.82) is 0 Å². The van der Waals surface area contributed by atoms with Gasteiger partial charge < -0.3 is 14.8 Å². The van der Waals surface area contributed by atoms with Crippen LogP contribution in [0.3, 0.4) is 0 Å². The van der Waals surface area contributed by atoms with Gasteiger partial charge in [0.1, 0.15) is 18.1 Å². The van der Waals surface area contributed by atoms with Crippen molar-refractivity contribution in [3.63, 3.8) is 0 Å². The summed E-state index contributed by atoms with van der Waals surface area (Å²) < 4.78 is 11.9. The number of benzene rings is 4.